The molecule has 2 aliphatic rings. The number of phosphoric acid groups is 4. The van der Waals surface area contributed by atoms with Crippen LogP contribution in [0, 0.1) is 5.92 Å². The van der Waals surface area contributed by atoms with Gasteiger partial charge in [-0.25, -0.2) is 18.3 Å². The molecule has 0 spiro atoms. The maximum Gasteiger partial charge on any atom is 0.472 e. The van der Waals surface area contributed by atoms with E-state index < -0.39 is 69.5 Å². The Hall–Kier alpha value is -3.20. The van der Waals surface area contributed by atoms with E-state index in [2.05, 4.69) is 9.84 Å². The summed E-state index contributed by atoms with van der Waals surface area (Å²) in [5.74, 6) is -0.911. The van der Waals surface area contributed by atoms with Crippen LogP contribution in [0.5, 0.6) is 5.75 Å². The van der Waals surface area contributed by atoms with Crippen LogP contribution < -0.4 is 10.7 Å². The Balaban J connectivity index is 1.31. The van der Waals surface area contributed by atoms with Gasteiger partial charge in [0.15, 0.2) is 5.43 Å². The first kappa shape index (κ1) is 55.4. The summed E-state index contributed by atoms with van der Waals surface area (Å²) in [4.78, 5) is 65.3. The van der Waals surface area contributed by atoms with Crippen LogP contribution in [0.2, 0.25) is 0 Å². The minimum atomic E-state index is -4.73. The van der Waals surface area contributed by atoms with E-state index in [1.54, 1.807) is 50.2 Å². The van der Waals surface area contributed by atoms with E-state index in [4.69, 9.17) is 40.8 Å². The molecule has 1 heterocycles. The first-order valence-corrected chi connectivity index (χ1v) is 26.8. The molecule has 4 rings (SSSR count). The van der Waals surface area contributed by atoms with Crippen molar-refractivity contribution in [1.29, 1.82) is 0 Å². The van der Waals surface area contributed by atoms with Gasteiger partial charge >= 0.3 is 31.3 Å². The predicted molar refractivity (Wildman–Crippen MR) is 239 cm³/mol. The molecule has 0 radical (unpaired) electrons. The van der Waals surface area contributed by atoms with Crippen LogP contribution in [0.15, 0.2) is 69.9 Å². The third-order valence-corrected chi connectivity index (χ3v) is 13.1. The third kappa shape index (κ3) is 19.8. The van der Waals surface area contributed by atoms with Crippen LogP contribution in [-0.2, 0) is 59.2 Å². The zero-order valence-corrected chi connectivity index (χ0v) is 40.2. The number of phenolic OH excluding ortho intramolecular Hbond substituents is 1. The first-order valence-electron chi connectivity index (χ1n) is 20.9. The largest absolute Gasteiger partial charge is 0.508 e. The van der Waals surface area contributed by atoms with Crippen LogP contribution in [0.3, 0.4) is 0 Å². The molecular weight excluding hydrogens is 954 g/mol. The Morgan fingerprint density at radius 3 is 1.88 bits per heavy atom. The van der Waals surface area contributed by atoms with E-state index in [0.29, 0.717) is 51.8 Å². The zero-order chi connectivity index (χ0) is 48.4. The van der Waals surface area contributed by atoms with Gasteiger partial charge in [-0.2, -0.15) is 0 Å². The smallest absolute Gasteiger partial charge is 0.472 e. The molecule has 1 aliphatic heterocycles. The minimum absolute atomic E-state index is 0.0290. The lowest BCUT2D eigenvalue weighted by Gasteiger charge is -2.21. The molecule has 2 aromatic rings. The molecular formula is C40H57NO21P4. The Morgan fingerprint density at radius 1 is 0.682 bits per heavy atom. The van der Waals surface area contributed by atoms with E-state index in [1.807, 2.05) is 0 Å². The van der Waals surface area contributed by atoms with E-state index in [-0.39, 0.29) is 76.1 Å². The van der Waals surface area contributed by atoms with Gasteiger partial charge in [-0.15, -0.1) is 0 Å². The van der Waals surface area contributed by atoms with Gasteiger partial charge in [-0.1, -0.05) is 18.6 Å². The lowest BCUT2D eigenvalue weighted by atomic mass is 9.92. The van der Waals surface area contributed by atoms with Crippen molar-refractivity contribution in [3.8, 4) is 28.2 Å². The van der Waals surface area contributed by atoms with Crippen LogP contribution in [0.4, 0.5) is 0 Å². The summed E-state index contributed by atoms with van der Waals surface area (Å²) in [6.45, 7) is 2.53. The van der Waals surface area contributed by atoms with Gasteiger partial charge in [0, 0.05) is 46.7 Å². The molecule has 0 fully saturated rings. The number of carbonyl (C=O) groups excluding carboxylic acids is 1. The maximum absolute atomic E-state index is 13.3. The number of hydrogen-bond donors (Lipinski definition) is 6. The Morgan fingerprint density at radius 2 is 1.27 bits per heavy atom. The van der Waals surface area contributed by atoms with Crippen molar-refractivity contribution < 1.29 is 93.1 Å². The van der Waals surface area contributed by atoms with Crippen molar-refractivity contribution in [1.82, 2.24) is 5.32 Å². The van der Waals surface area contributed by atoms with Gasteiger partial charge in [-0.05, 0) is 88.4 Å². The van der Waals surface area contributed by atoms with Gasteiger partial charge in [-0.3, -0.25) is 45.8 Å². The summed E-state index contributed by atoms with van der Waals surface area (Å²) in [5.41, 5.74) is 2.37. The molecule has 1 aliphatic carbocycles. The second kappa shape index (κ2) is 26.5. The van der Waals surface area contributed by atoms with Crippen molar-refractivity contribution in [3.05, 3.63) is 76.5 Å². The molecule has 0 bridgehead atoms. The molecule has 0 saturated heterocycles. The molecule has 5 atom stereocenters. The number of ether oxygens (including phenoxy) is 1. The second-order valence-electron chi connectivity index (χ2n) is 14.7. The topological polar surface area (TPSA) is 312 Å². The fourth-order valence-electron chi connectivity index (χ4n) is 6.05. The second-order valence-corrected chi connectivity index (χ2v) is 20.5. The van der Waals surface area contributed by atoms with Crippen molar-refractivity contribution >= 4 is 48.2 Å². The van der Waals surface area contributed by atoms with Crippen molar-refractivity contribution in [2.45, 2.75) is 59.0 Å². The molecule has 0 aromatic heterocycles. The molecule has 26 heteroatoms. The van der Waals surface area contributed by atoms with Crippen LogP contribution >= 0.6 is 31.3 Å². The van der Waals surface area contributed by atoms with E-state index >= 15 is 0 Å². The SMILES string of the molecule is CCOP(=O)(O)OCCCOP(=O)(O)OCC(CCCCNC(=O)c1cccc(-c2c3ccc(=O)cc-3oc3cc(O)ccc23)c1)COP(=O)(O)OCCCOP(=O)(O)OCCOC(C)C. The minimum Gasteiger partial charge on any atom is -0.508 e. The highest BCUT2D eigenvalue weighted by molar-refractivity contribution is 7.48. The van der Waals surface area contributed by atoms with Gasteiger partial charge in [0.1, 0.15) is 17.1 Å². The number of unbranched alkanes of at least 4 members (excludes halogenated alkanes) is 1. The number of amides is 1. The molecule has 2 aromatic carbocycles. The summed E-state index contributed by atoms with van der Waals surface area (Å²) in [6.07, 6.45) is 0.669. The monoisotopic (exact) mass is 1010 g/mol. The van der Waals surface area contributed by atoms with Crippen LogP contribution in [0.25, 0.3) is 33.4 Å². The quantitative estimate of drug-likeness (QED) is 0.0156. The van der Waals surface area contributed by atoms with Crippen LogP contribution in [-0.4, -0.2) is 103 Å². The zero-order valence-electron chi connectivity index (χ0n) is 36.6. The number of benzene rings is 3. The summed E-state index contributed by atoms with van der Waals surface area (Å²) < 4.78 is 99.2. The van der Waals surface area contributed by atoms with E-state index in [1.165, 1.54) is 31.2 Å². The normalized spacial score (nSPS) is 16.1. The van der Waals surface area contributed by atoms with Gasteiger partial charge in [0.25, 0.3) is 5.91 Å². The third-order valence-electron chi connectivity index (χ3n) is 9.04. The van der Waals surface area contributed by atoms with Crippen molar-refractivity contribution in [2.75, 3.05) is 66.0 Å². The molecule has 1 amide bonds. The molecule has 5 unspecified atom stereocenters. The average molecular weight is 1010 g/mol. The number of aromatic hydroxyl groups is 1. The summed E-state index contributed by atoms with van der Waals surface area (Å²) in [6, 6.07) is 15.9. The van der Waals surface area contributed by atoms with Gasteiger partial charge in [0.2, 0.25) is 0 Å². The Bertz CT molecular complexity index is 2390. The predicted octanol–water partition coefficient (Wildman–Crippen LogP) is 7.55. The Labute approximate surface area is 381 Å². The van der Waals surface area contributed by atoms with Gasteiger partial charge in [0.05, 0.1) is 65.6 Å². The lowest BCUT2D eigenvalue weighted by molar-refractivity contribution is 0.0417. The maximum atomic E-state index is 13.3. The number of hydrogen-bond acceptors (Lipinski definition) is 17. The van der Waals surface area contributed by atoms with E-state index in [0.717, 1.165) is 0 Å². The first-order chi connectivity index (χ1) is 31.2. The fourth-order valence-corrected chi connectivity index (χ4v) is 9.22. The van der Waals surface area contributed by atoms with Crippen LogP contribution in [0.1, 0.15) is 63.2 Å². The number of phosphoric ester groups is 4. The fraction of sp³-hybridized carbons (Fsp3) is 0.500. The molecule has 368 valence electrons. The van der Waals surface area contributed by atoms with E-state index in [9.17, 15) is 52.5 Å². The van der Waals surface area contributed by atoms with Gasteiger partial charge < -0.3 is 39.2 Å². The number of nitrogens with one attached hydrogen (secondary N) is 1. The average Bonchev–Trinajstić information content (AvgIpc) is 3.24. The molecule has 6 N–H and O–H groups in total. The molecule has 0 saturated carbocycles. The summed E-state index contributed by atoms with van der Waals surface area (Å²) in [5, 5.41) is 13.6. The lowest BCUT2D eigenvalue weighted by Crippen LogP contribution is -2.24. The summed E-state index contributed by atoms with van der Waals surface area (Å²) in [7, 11) is -18.1. The summed E-state index contributed by atoms with van der Waals surface area (Å²) >= 11 is 0. The molecule has 22 nitrogen and oxygen atoms in total. The van der Waals surface area contributed by atoms with Crippen molar-refractivity contribution in [3.63, 3.8) is 0 Å². The number of carbonyl (C=O) groups is 1. The Kier molecular flexibility index (Phi) is 22.3. The molecule has 66 heavy (non-hydrogen) atoms. The standard InChI is InChI=1S/C40H57NO21P4/c1-4-54-63(45,46)55-18-8-20-57-65(49,50)60-27-30(28-61-66(51,52)58-21-9-19-56-64(47,48)59-23-22-53-29(2)3)10-5-6-17-41-40(44)32-12-7-11-31(24-32)39-35-15-13-33(42)25-37(35)62-38-26-34(43)14-16-36(38)39/h7,11-16,24-26,29-30,42H,4-6,8-10,17-23,27-28H2,1-3H3,(H,41,44)(H,45,46)(H,47,48)(H,49,50)(H,51,52). The highest BCUT2D eigenvalue weighted by Gasteiger charge is 2.28. The van der Waals surface area contributed by atoms with Crippen molar-refractivity contribution in [2.24, 2.45) is 5.92 Å². The number of fused-ring (bicyclic) bond motifs is 2. The highest BCUT2D eigenvalue weighted by atomic mass is 31.2. The highest BCUT2D eigenvalue weighted by Crippen LogP contribution is 2.48. The number of phenols is 1. The number of rotatable bonds is 32.